The number of hydrogen-bond acceptors (Lipinski definition) is 2. The molecule has 1 aliphatic heterocycles. The highest BCUT2D eigenvalue weighted by Gasteiger charge is 2.28. The Morgan fingerprint density at radius 1 is 1.43 bits per heavy atom. The lowest BCUT2D eigenvalue weighted by Gasteiger charge is -2.21. The van der Waals surface area contributed by atoms with E-state index in [0.717, 1.165) is 12.5 Å². The van der Waals surface area contributed by atoms with Crippen molar-refractivity contribution in [3.05, 3.63) is 0 Å². The zero-order chi connectivity index (χ0) is 10.6. The van der Waals surface area contributed by atoms with E-state index in [-0.39, 0.29) is 0 Å². The van der Waals surface area contributed by atoms with Crippen LogP contribution < -0.4 is 5.73 Å². The predicted molar refractivity (Wildman–Crippen MR) is 62.3 cm³/mol. The van der Waals surface area contributed by atoms with Crippen molar-refractivity contribution in [1.82, 2.24) is 4.90 Å². The zero-order valence-corrected chi connectivity index (χ0v) is 10.1. The molecule has 0 amide bonds. The van der Waals surface area contributed by atoms with E-state index in [1.165, 1.54) is 38.9 Å². The van der Waals surface area contributed by atoms with Gasteiger partial charge in [-0.05, 0) is 43.8 Å². The molecule has 1 unspecified atom stereocenters. The summed E-state index contributed by atoms with van der Waals surface area (Å²) in [6.45, 7) is 11.6. The molecule has 1 rings (SSSR count). The first kappa shape index (κ1) is 12.0. The molecule has 2 N–H and O–H groups in total. The van der Waals surface area contributed by atoms with Crippen LogP contribution in [0, 0.1) is 11.3 Å². The van der Waals surface area contributed by atoms with Crippen molar-refractivity contribution in [2.75, 3.05) is 26.2 Å². The second-order valence-electron chi connectivity index (χ2n) is 5.49. The second-order valence-corrected chi connectivity index (χ2v) is 5.49. The van der Waals surface area contributed by atoms with Gasteiger partial charge < -0.3 is 10.6 Å². The molecule has 2 nitrogen and oxygen atoms in total. The first-order chi connectivity index (χ1) is 6.57. The largest absolute Gasteiger partial charge is 0.330 e. The molecule has 0 spiro atoms. The molecule has 0 aliphatic carbocycles. The molecule has 0 aromatic heterocycles. The van der Waals surface area contributed by atoms with Gasteiger partial charge in [0.15, 0.2) is 0 Å². The lowest BCUT2D eigenvalue weighted by Crippen LogP contribution is -2.27. The quantitative estimate of drug-likeness (QED) is 0.733. The number of rotatable bonds is 5. The van der Waals surface area contributed by atoms with Crippen LogP contribution in [0.15, 0.2) is 0 Å². The number of likely N-dealkylation sites (tertiary alicyclic amines) is 1. The van der Waals surface area contributed by atoms with Crippen molar-refractivity contribution in [3.8, 4) is 0 Å². The van der Waals surface area contributed by atoms with Gasteiger partial charge >= 0.3 is 0 Å². The molecule has 0 saturated carbocycles. The van der Waals surface area contributed by atoms with Gasteiger partial charge in [-0.2, -0.15) is 0 Å². The van der Waals surface area contributed by atoms with Crippen LogP contribution in [0.4, 0.5) is 0 Å². The summed E-state index contributed by atoms with van der Waals surface area (Å²) >= 11 is 0. The Kier molecular flexibility index (Phi) is 4.39. The molecule has 0 aromatic rings. The second kappa shape index (κ2) is 5.13. The maximum Gasteiger partial charge on any atom is 0.00332 e. The summed E-state index contributed by atoms with van der Waals surface area (Å²) in [4.78, 5) is 2.60. The third kappa shape index (κ3) is 3.58. The summed E-state index contributed by atoms with van der Waals surface area (Å²) in [5.74, 6) is 0.735. The molecule has 0 aromatic carbocycles. The van der Waals surface area contributed by atoms with Crippen LogP contribution in [-0.2, 0) is 0 Å². The summed E-state index contributed by atoms with van der Waals surface area (Å²) in [6.07, 6.45) is 3.86. The van der Waals surface area contributed by atoms with Crippen molar-refractivity contribution in [3.63, 3.8) is 0 Å². The first-order valence-corrected chi connectivity index (χ1v) is 6.00. The van der Waals surface area contributed by atoms with Crippen LogP contribution in [0.25, 0.3) is 0 Å². The van der Waals surface area contributed by atoms with Crippen molar-refractivity contribution in [2.24, 2.45) is 17.1 Å². The topological polar surface area (TPSA) is 29.3 Å². The Hall–Kier alpha value is -0.0800. The predicted octanol–water partition coefficient (Wildman–Crippen LogP) is 2.09. The van der Waals surface area contributed by atoms with E-state index in [0.29, 0.717) is 5.41 Å². The molecule has 1 aliphatic rings. The Morgan fingerprint density at radius 3 is 2.57 bits per heavy atom. The minimum atomic E-state index is 0.546. The molecular weight excluding hydrogens is 172 g/mol. The van der Waals surface area contributed by atoms with Crippen molar-refractivity contribution in [1.29, 1.82) is 0 Å². The van der Waals surface area contributed by atoms with Crippen LogP contribution in [0.3, 0.4) is 0 Å². The van der Waals surface area contributed by atoms with Crippen molar-refractivity contribution >= 4 is 0 Å². The van der Waals surface area contributed by atoms with Gasteiger partial charge in [-0.15, -0.1) is 0 Å². The highest BCUT2D eigenvalue weighted by molar-refractivity contribution is 4.82. The highest BCUT2D eigenvalue weighted by Crippen LogP contribution is 2.28. The summed E-state index contributed by atoms with van der Waals surface area (Å²) in [5, 5.41) is 0. The molecule has 1 saturated heterocycles. The van der Waals surface area contributed by atoms with E-state index in [2.05, 4.69) is 25.7 Å². The van der Waals surface area contributed by atoms with Crippen LogP contribution in [-0.4, -0.2) is 31.1 Å². The third-order valence-corrected chi connectivity index (χ3v) is 3.52. The van der Waals surface area contributed by atoms with Gasteiger partial charge in [0.25, 0.3) is 0 Å². The number of hydrogen-bond donors (Lipinski definition) is 1. The van der Waals surface area contributed by atoms with Gasteiger partial charge in [-0.1, -0.05) is 27.2 Å². The molecule has 84 valence electrons. The fraction of sp³-hybridized carbons (Fsp3) is 1.00. The smallest absolute Gasteiger partial charge is 0.00332 e. The van der Waals surface area contributed by atoms with Gasteiger partial charge in [0.1, 0.15) is 0 Å². The molecule has 2 heteroatoms. The van der Waals surface area contributed by atoms with Crippen LogP contribution in [0.2, 0.25) is 0 Å². The Morgan fingerprint density at radius 2 is 2.14 bits per heavy atom. The van der Waals surface area contributed by atoms with Crippen molar-refractivity contribution < 1.29 is 0 Å². The monoisotopic (exact) mass is 198 g/mol. The molecule has 1 fully saturated rings. The average Bonchev–Trinajstić information content (AvgIpc) is 2.47. The van der Waals surface area contributed by atoms with Crippen LogP contribution >= 0.6 is 0 Å². The summed E-state index contributed by atoms with van der Waals surface area (Å²) in [5.41, 5.74) is 6.25. The van der Waals surface area contributed by atoms with Gasteiger partial charge in [0, 0.05) is 6.54 Å². The molecule has 14 heavy (non-hydrogen) atoms. The van der Waals surface area contributed by atoms with E-state index in [4.69, 9.17) is 5.73 Å². The average molecular weight is 198 g/mol. The standard InChI is InChI=1S/C12H26N2/c1-4-11(9-13)5-7-14-8-6-12(2,3)10-14/h11H,4-10,13H2,1-3H3. The van der Waals surface area contributed by atoms with Crippen LogP contribution in [0.1, 0.15) is 40.0 Å². The summed E-state index contributed by atoms with van der Waals surface area (Å²) in [6, 6.07) is 0. The normalized spacial score (nSPS) is 24.0. The van der Waals surface area contributed by atoms with E-state index < -0.39 is 0 Å². The Balaban J connectivity index is 2.20. The van der Waals surface area contributed by atoms with Gasteiger partial charge in [0.05, 0.1) is 0 Å². The molecular formula is C12H26N2. The number of nitrogens with zero attached hydrogens (tertiary/aromatic N) is 1. The van der Waals surface area contributed by atoms with E-state index in [9.17, 15) is 0 Å². The molecule has 0 radical (unpaired) electrons. The Labute approximate surface area is 88.8 Å². The molecule has 0 bridgehead atoms. The SMILES string of the molecule is CCC(CN)CCN1CCC(C)(C)C1. The lowest BCUT2D eigenvalue weighted by molar-refractivity contribution is 0.268. The molecule has 1 heterocycles. The highest BCUT2D eigenvalue weighted by atomic mass is 15.1. The molecule has 1 atom stereocenters. The number of nitrogens with two attached hydrogens (primary N) is 1. The fourth-order valence-electron chi connectivity index (χ4n) is 2.27. The van der Waals surface area contributed by atoms with Crippen molar-refractivity contribution in [2.45, 2.75) is 40.0 Å². The zero-order valence-electron chi connectivity index (χ0n) is 10.1. The van der Waals surface area contributed by atoms with Gasteiger partial charge in [-0.25, -0.2) is 0 Å². The van der Waals surface area contributed by atoms with E-state index >= 15 is 0 Å². The minimum Gasteiger partial charge on any atom is -0.330 e. The minimum absolute atomic E-state index is 0.546. The maximum atomic E-state index is 5.70. The maximum absolute atomic E-state index is 5.70. The van der Waals surface area contributed by atoms with E-state index in [1.54, 1.807) is 0 Å². The van der Waals surface area contributed by atoms with Crippen LogP contribution in [0.5, 0.6) is 0 Å². The summed E-state index contributed by atoms with van der Waals surface area (Å²) in [7, 11) is 0. The summed E-state index contributed by atoms with van der Waals surface area (Å²) < 4.78 is 0. The lowest BCUT2D eigenvalue weighted by atomic mass is 9.93. The third-order valence-electron chi connectivity index (χ3n) is 3.52. The van der Waals surface area contributed by atoms with Gasteiger partial charge in [-0.3, -0.25) is 0 Å². The fourth-order valence-corrected chi connectivity index (χ4v) is 2.27. The first-order valence-electron chi connectivity index (χ1n) is 6.00. The van der Waals surface area contributed by atoms with E-state index in [1.807, 2.05) is 0 Å². The van der Waals surface area contributed by atoms with Gasteiger partial charge in [0.2, 0.25) is 0 Å². The Bertz CT molecular complexity index is 162.